The number of thiophene rings is 1. The van der Waals surface area contributed by atoms with Crippen molar-refractivity contribution in [2.45, 2.75) is 26.8 Å². The zero-order valence-corrected chi connectivity index (χ0v) is 10.7. The number of hydrogen-bond acceptors (Lipinski definition) is 3. The van der Waals surface area contributed by atoms with Crippen LogP contribution in [0.4, 0.5) is 0 Å². The van der Waals surface area contributed by atoms with E-state index < -0.39 is 5.97 Å². The maximum atomic E-state index is 11.7. The van der Waals surface area contributed by atoms with Crippen molar-refractivity contribution in [3.63, 3.8) is 0 Å². The van der Waals surface area contributed by atoms with E-state index in [1.54, 1.807) is 6.07 Å². The largest absolute Gasteiger partial charge is 0.477 e. The van der Waals surface area contributed by atoms with Crippen molar-refractivity contribution in [2.24, 2.45) is 5.92 Å². The highest BCUT2D eigenvalue weighted by Gasteiger charge is 2.27. The molecule has 4 nitrogen and oxygen atoms in total. The monoisotopic (exact) mass is 253 g/mol. The van der Waals surface area contributed by atoms with Gasteiger partial charge in [0.25, 0.3) is 0 Å². The van der Waals surface area contributed by atoms with Crippen LogP contribution in [0.5, 0.6) is 0 Å². The molecule has 1 aromatic rings. The maximum Gasteiger partial charge on any atom is 0.345 e. The van der Waals surface area contributed by atoms with Gasteiger partial charge >= 0.3 is 5.97 Å². The molecule has 0 saturated carbocycles. The Morgan fingerprint density at radius 2 is 2.35 bits per heavy atom. The van der Waals surface area contributed by atoms with Gasteiger partial charge in [0.15, 0.2) is 0 Å². The topological polar surface area (TPSA) is 57.6 Å². The molecule has 0 aliphatic carbocycles. The predicted octanol–water partition coefficient (Wildman–Crippen LogP) is 2.12. The fraction of sp³-hybridized carbons (Fsp3) is 0.500. The molecule has 2 rings (SSSR count). The second-order valence-electron chi connectivity index (χ2n) is 4.58. The molecule has 0 radical (unpaired) electrons. The first-order chi connectivity index (χ1) is 7.97. The van der Waals surface area contributed by atoms with Crippen LogP contribution in [0.15, 0.2) is 6.07 Å². The molecule has 0 bridgehead atoms. The Labute approximate surface area is 104 Å². The minimum absolute atomic E-state index is 0.167. The number of carboxylic acids is 1. The van der Waals surface area contributed by atoms with E-state index in [0.717, 1.165) is 17.0 Å². The van der Waals surface area contributed by atoms with Crippen LogP contribution >= 0.6 is 11.3 Å². The molecule has 1 amide bonds. The molecule has 1 aromatic heterocycles. The number of likely N-dealkylation sites (tertiary alicyclic amines) is 1. The Morgan fingerprint density at radius 1 is 1.65 bits per heavy atom. The van der Waals surface area contributed by atoms with Crippen molar-refractivity contribution >= 4 is 23.2 Å². The van der Waals surface area contributed by atoms with Gasteiger partial charge in [0, 0.05) is 24.4 Å². The second kappa shape index (κ2) is 4.49. The van der Waals surface area contributed by atoms with Gasteiger partial charge in [0.2, 0.25) is 5.91 Å². The fourth-order valence-electron chi connectivity index (χ4n) is 2.11. The van der Waals surface area contributed by atoms with Crippen molar-refractivity contribution in [3.8, 4) is 0 Å². The molecule has 1 saturated heterocycles. The molecule has 1 aliphatic heterocycles. The van der Waals surface area contributed by atoms with Crippen LogP contribution in [-0.2, 0) is 11.3 Å². The van der Waals surface area contributed by atoms with Crippen molar-refractivity contribution in [1.82, 2.24) is 4.90 Å². The lowest BCUT2D eigenvalue weighted by molar-refractivity contribution is -0.128. The Kier molecular flexibility index (Phi) is 3.19. The zero-order chi connectivity index (χ0) is 12.6. The highest BCUT2D eigenvalue weighted by Crippen LogP contribution is 2.26. The first-order valence-electron chi connectivity index (χ1n) is 5.57. The van der Waals surface area contributed by atoms with E-state index >= 15 is 0 Å². The highest BCUT2D eigenvalue weighted by molar-refractivity contribution is 7.14. The van der Waals surface area contributed by atoms with Crippen LogP contribution in [0, 0.1) is 12.8 Å². The molecule has 0 spiro atoms. The van der Waals surface area contributed by atoms with Crippen LogP contribution in [0.1, 0.15) is 33.5 Å². The molecule has 2 heterocycles. The summed E-state index contributed by atoms with van der Waals surface area (Å²) in [7, 11) is 0. The van der Waals surface area contributed by atoms with E-state index in [9.17, 15) is 9.59 Å². The van der Waals surface area contributed by atoms with Crippen LogP contribution in [-0.4, -0.2) is 28.4 Å². The molecule has 5 heteroatoms. The average molecular weight is 253 g/mol. The van der Waals surface area contributed by atoms with Crippen molar-refractivity contribution < 1.29 is 14.7 Å². The zero-order valence-electron chi connectivity index (χ0n) is 9.90. The number of nitrogens with zero attached hydrogens (tertiary/aromatic N) is 1. The lowest BCUT2D eigenvalue weighted by Gasteiger charge is -2.15. The number of aromatic carboxylic acids is 1. The average Bonchev–Trinajstić information content (AvgIpc) is 2.73. The lowest BCUT2D eigenvalue weighted by Crippen LogP contribution is -2.24. The molecule has 92 valence electrons. The summed E-state index contributed by atoms with van der Waals surface area (Å²) in [6.07, 6.45) is 0.606. The van der Waals surface area contributed by atoms with Gasteiger partial charge in [-0.25, -0.2) is 4.79 Å². The van der Waals surface area contributed by atoms with Crippen LogP contribution in [0.25, 0.3) is 0 Å². The van der Waals surface area contributed by atoms with Crippen molar-refractivity contribution in [1.29, 1.82) is 0 Å². The summed E-state index contributed by atoms with van der Waals surface area (Å²) in [5.41, 5.74) is 0.954. The molecule has 1 N–H and O–H groups in total. The molecule has 1 unspecified atom stereocenters. The van der Waals surface area contributed by atoms with Gasteiger partial charge < -0.3 is 10.0 Å². The lowest BCUT2D eigenvalue weighted by atomic mass is 10.2. The second-order valence-corrected chi connectivity index (χ2v) is 5.84. The van der Waals surface area contributed by atoms with Gasteiger partial charge in [-0.2, -0.15) is 0 Å². The number of amides is 1. The standard InChI is InChI=1S/C12H15NO3S/c1-7-3-11(14)13(5-7)6-9-4-10(12(15)16)17-8(9)2/h4,7H,3,5-6H2,1-2H3,(H,15,16). The third kappa shape index (κ3) is 2.49. The quantitative estimate of drug-likeness (QED) is 0.897. The molecule has 1 atom stereocenters. The summed E-state index contributed by atoms with van der Waals surface area (Å²) < 4.78 is 0. The normalized spacial score (nSPS) is 20.0. The smallest absolute Gasteiger partial charge is 0.345 e. The Morgan fingerprint density at radius 3 is 2.82 bits per heavy atom. The molecule has 0 aromatic carbocycles. The van der Waals surface area contributed by atoms with E-state index in [1.165, 1.54) is 11.3 Å². The first-order valence-corrected chi connectivity index (χ1v) is 6.39. The molecule has 17 heavy (non-hydrogen) atoms. The van der Waals surface area contributed by atoms with Crippen LogP contribution in [0.3, 0.4) is 0 Å². The van der Waals surface area contributed by atoms with Gasteiger partial charge in [0.1, 0.15) is 4.88 Å². The van der Waals surface area contributed by atoms with Gasteiger partial charge in [-0.1, -0.05) is 6.92 Å². The number of carbonyl (C=O) groups is 2. The Balaban J connectivity index is 2.13. The Hall–Kier alpha value is -1.36. The first kappa shape index (κ1) is 12.1. The molecule has 1 fully saturated rings. The van der Waals surface area contributed by atoms with Gasteiger partial charge in [-0.05, 0) is 24.5 Å². The third-order valence-electron chi connectivity index (χ3n) is 3.00. The van der Waals surface area contributed by atoms with E-state index in [-0.39, 0.29) is 5.91 Å². The SMILES string of the molecule is Cc1sc(C(=O)O)cc1CN1CC(C)CC1=O. The number of aryl methyl sites for hydroxylation is 1. The minimum atomic E-state index is -0.898. The van der Waals surface area contributed by atoms with Gasteiger partial charge in [0.05, 0.1) is 0 Å². The van der Waals surface area contributed by atoms with E-state index in [0.29, 0.717) is 23.8 Å². The fourth-order valence-corrected chi connectivity index (χ4v) is 2.98. The highest BCUT2D eigenvalue weighted by atomic mass is 32.1. The summed E-state index contributed by atoms with van der Waals surface area (Å²) in [5, 5.41) is 8.91. The van der Waals surface area contributed by atoms with Crippen LogP contribution < -0.4 is 0 Å². The summed E-state index contributed by atoms with van der Waals surface area (Å²) in [5.74, 6) is -0.328. The number of hydrogen-bond donors (Lipinski definition) is 1. The third-order valence-corrected chi connectivity index (χ3v) is 4.08. The molecule has 1 aliphatic rings. The Bertz CT molecular complexity index is 466. The van der Waals surface area contributed by atoms with Gasteiger partial charge in [-0.3, -0.25) is 4.79 Å². The molecular formula is C12H15NO3S. The van der Waals surface area contributed by atoms with Crippen LogP contribution in [0.2, 0.25) is 0 Å². The van der Waals surface area contributed by atoms with E-state index in [4.69, 9.17) is 5.11 Å². The van der Waals surface area contributed by atoms with E-state index in [1.807, 2.05) is 11.8 Å². The number of carboxylic acid groups (broad SMARTS) is 1. The number of rotatable bonds is 3. The molecular weight excluding hydrogens is 238 g/mol. The maximum absolute atomic E-state index is 11.7. The number of carbonyl (C=O) groups excluding carboxylic acids is 1. The minimum Gasteiger partial charge on any atom is -0.477 e. The van der Waals surface area contributed by atoms with E-state index in [2.05, 4.69) is 6.92 Å². The summed E-state index contributed by atoms with van der Waals surface area (Å²) in [4.78, 5) is 25.6. The van der Waals surface area contributed by atoms with Crippen molar-refractivity contribution in [3.05, 3.63) is 21.4 Å². The van der Waals surface area contributed by atoms with Gasteiger partial charge in [-0.15, -0.1) is 11.3 Å². The summed E-state index contributed by atoms with van der Waals surface area (Å²) in [6.45, 7) is 5.27. The summed E-state index contributed by atoms with van der Waals surface area (Å²) in [6, 6.07) is 1.68. The summed E-state index contributed by atoms with van der Waals surface area (Å²) >= 11 is 1.27. The van der Waals surface area contributed by atoms with Crippen molar-refractivity contribution in [2.75, 3.05) is 6.54 Å². The predicted molar refractivity (Wildman–Crippen MR) is 65.2 cm³/mol.